The van der Waals surface area contributed by atoms with E-state index in [1.807, 2.05) is 50.9 Å². The third kappa shape index (κ3) is 4.20. The van der Waals surface area contributed by atoms with Crippen molar-refractivity contribution in [1.82, 2.24) is 10.2 Å². The number of hydrogen-bond donors (Lipinski definition) is 2. The Balaban J connectivity index is 1.33. The molecule has 0 saturated heterocycles. The Bertz CT molecular complexity index is 748. The summed E-state index contributed by atoms with van der Waals surface area (Å²) in [6, 6.07) is 5.65. The molecule has 1 atom stereocenters. The topological polar surface area (TPSA) is 61.4 Å². The van der Waals surface area contributed by atoms with Gasteiger partial charge in [-0.15, -0.1) is 0 Å². The molecule has 5 heteroatoms. The molecule has 2 N–H and O–H groups in total. The maximum atomic E-state index is 13.0. The van der Waals surface area contributed by atoms with Gasteiger partial charge in [-0.25, -0.2) is 0 Å². The lowest BCUT2D eigenvalue weighted by Crippen LogP contribution is -2.62. The predicted octanol–water partition coefficient (Wildman–Crippen LogP) is 3.65. The molecule has 1 unspecified atom stereocenters. The van der Waals surface area contributed by atoms with Gasteiger partial charge in [0.2, 0.25) is 11.8 Å². The number of benzene rings is 1. The number of nitrogens with one attached hydrogen (secondary N) is 2. The van der Waals surface area contributed by atoms with E-state index in [9.17, 15) is 9.59 Å². The van der Waals surface area contributed by atoms with Crippen molar-refractivity contribution in [3.8, 4) is 0 Å². The van der Waals surface area contributed by atoms with E-state index in [0.717, 1.165) is 53.8 Å². The van der Waals surface area contributed by atoms with Crippen LogP contribution in [0, 0.1) is 31.6 Å². The lowest BCUT2D eigenvalue weighted by atomic mass is 9.53. The molecule has 4 fully saturated rings. The molecule has 1 aromatic carbocycles. The Labute approximate surface area is 174 Å². The first-order valence-corrected chi connectivity index (χ1v) is 11.1. The van der Waals surface area contributed by atoms with Crippen LogP contribution in [-0.4, -0.2) is 41.9 Å². The maximum absolute atomic E-state index is 13.0. The molecule has 1 aromatic rings. The second kappa shape index (κ2) is 7.75. The molecule has 0 heterocycles. The van der Waals surface area contributed by atoms with Crippen molar-refractivity contribution in [2.24, 2.45) is 17.8 Å². The van der Waals surface area contributed by atoms with Crippen molar-refractivity contribution in [3.05, 3.63) is 29.3 Å². The Kier molecular flexibility index (Phi) is 5.45. The Morgan fingerprint density at radius 3 is 2.10 bits per heavy atom. The molecule has 158 valence electrons. The van der Waals surface area contributed by atoms with Gasteiger partial charge in [0, 0.05) is 11.2 Å². The predicted molar refractivity (Wildman–Crippen MR) is 116 cm³/mol. The van der Waals surface area contributed by atoms with Crippen LogP contribution in [0.2, 0.25) is 0 Å². The molecule has 0 spiro atoms. The number of carbonyl (C=O) groups excluding carboxylic acids is 2. The fourth-order valence-corrected chi connectivity index (χ4v) is 6.38. The molecule has 29 heavy (non-hydrogen) atoms. The fourth-order valence-electron chi connectivity index (χ4n) is 6.38. The highest BCUT2D eigenvalue weighted by Gasteiger charge is 2.51. The van der Waals surface area contributed by atoms with Gasteiger partial charge < -0.3 is 10.6 Å². The molecule has 5 nitrogen and oxygen atoms in total. The number of amides is 2. The summed E-state index contributed by atoms with van der Waals surface area (Å²) >= 11 is 0. The Hall–Kier alpha value is -1.88. The smallest absolute Gasteiger partial charge is 0.238 e. The highest BCUT2D eigenvalue weighted by molar-refractivity contribution is 5.94. The molecular formula is C24H35N3O2. The molecule has 0 aromatic heterocycles. The van der Waals surface area contributed by atoms with E-state index in [1.165, 1.54) is 19.3 Å². The van der Waals surface area contributed by atoms with Crippen molar-refractivity contribution < 1.29 is 9.59 Å². The standard InChI is InChI=1S/C24H35N3O2/c1-15-6-5-7-16(2)22(15)25-21(28)14-27(4)17(3)23(29)26-24-11-18-8-19(12-24)10-20(9-18)13-24/h5-7,17-20H,8-14H2,1-4H3,(H,25,28)(H,26,29). The molecule has 2 amide bonds. The summed E-state index contributed by atoms with van der Waals surface area (Å²) in [7, 11) is 1.86. The van der Waals surface area contributed by atoms with Gasteiger partial charge in [0.15, 0.2) is 0 Å². The summed E-state index contributed by atoms with van der Waals surface area (Å²) < 4.78 is 0. The first-order valence-electron chi connectivity index (χ1n) is 11.1. The molecule has 4 bridgehead atoms. The zero-order chi connectivity index (χ0) is 20.8. The SMILES string of the molecule is Cc1cccc(C)c1NC(=O)CN(C)C(C)C(=O)NC12CC3CC(CC(C3)C1)C2. The van der Waals surface area contributed by atoms with Crippen LogP contribution >= 0.6 is 0 Å². The molecular weight excluding hydrogens is 362 g/mol. The normalized spacial score (nSPS) is 31.0. The van der Waals surface area contributed by atoms with Gasteiger partial charge in [-0.1, -0.05) is 18.2 Å². The second-order valence-corrected chi connectivity index (χ2v) is 10.1. The van der Waals surface area contributed by atoms with Gasteiger partial charge in [0.25, 0.3) is 0 Å². The van der Waals surface area contributed by atoms with E-state index < -0.39 is 0 Å². The minimum absolute atomic E-state index is 0.0153. The van der Waals surface area contributed by atoms with Crippen LogP contribution in [-0.2, 0) is 9.59 Å². The summed E-state index contributed by atoms with van der Waals surface area (Å²) in [5.74, 6) is 2.39. The summed E-state index contributed by atoms with van der Waals surface area (Å²) in [6.45, 7) is 6.09. The van der Waals surface area contributed by atoms with E-state index in [0.29, 0.717) is 0 Å². The minimum Gasteiger partial charge on any atom is -0.349 e. The van der Waals surface area contributed by atoms with Gasteiger partial charge in [0.05, 0.1) is 12.6 Å². The Morgan fingerprint density at radius 2 is 1.59 bits per heavy atom. The Morgan fingerprint density at radius 1 is 1.07 bits per heavy atom. The van der Waals surface area contributed by atoms with Gasteiger partial charge in [-0.2, -0.15) is 0 Å². The van der Waals surface area contributed by atoms with Crippen LogP contribution in [0.5, 0.6) is 0 Å². The van der Waals surface area contributed by atoms with Crippen molar-refractivity contribution >= 4 is 17.5 Å². The summed E-state index contributed by atoms with van der Waals surface area (Å²) in [6.07, 6.45) is 7.53. The highest BCUT2D eigenvalue weighted by Crippen LogP contribution is 2.55. The number of carbonyl (C=O) groups is 2. The lowest BCUT2D eigenvalue weighted by molar-refractivity contribution is -0.131. The van der Waals surface area contributed by atoms with Crippen LogP contribution < -0.4 is 10.6 Å². The number of aryl methyl sites for hydroxylation is 2. The summed E-state index contributed by atoms with van der Waals surface area (Å²) in [5.41, 5.74) is 2.99. The number of likely N-dealkylation sites (N-methyl/N-ethyl adjacent to an activating group) is 1. The number of rotatable bonds is 6. The largest absolute Gasteiger partial charge is 0.349 e. The van der Waals surface area contributed by atoms with Crippen LogP contribution in [0.25, 0.3) is 0 Å². The first kappa shape index (κ1) is 20.4. The monoisotopic (exact) mass is 397 g/mol. The van der Waals surface area contributed by atoms with E-state index in [1.54, 1.807) is 0 Å². The van der Waals surface area contributed by atoms with Crippen LogP contribution in [0.4, 0.5) is 5.69 Å². The van der Waals surface area contributed by atoms with Gasteiger partial charge >= 0.3 is 0 Å². The van der Waals surface area contributed by atoms with Crippen LogP contribution in [0.3, 0.4) is 0 Å². The number of nitrogens with zero attached hydrogens (tertiary/aromatic N) is 1. The third-order valence-corrected chi connectivity index (χ3v) is 7.61. The number of para-hydroxylation sites is 1. The zero-order valence-electron chi connectivity index (χ0n) is 18.3. The van der Waals surface area contributed by atoms with Gasteiger partial charge in [0.1, 0.15) is 0 Å². The van der Waals surface area contributed by atoms with Crippen molar-refractivity contribution in [2.45, 2.75) is 70.9 Å². The molecule has 5 rings (SSSR count). The van der Waals surface area contributed by atoms with Gasteiger partial charge in [-0.05, 0) is 95.2 Å². The molecule has 4 aliphatic carbocycles. The average molecular weight is 398 g/mol. The van der Waals surface area contributed by atoms with Gasteiger partial charge in [-0.3, -0.25) is 14.5 Å². The van der Waals surface area contributed by atoms with Crippen molar-refractivity contribution in [2.75, 3.05) is 18.9 Å². The first-order chi connectivity index (χ1) is 13.7. The second-order valence-electron chi connectivity index (χ2n) is 10.1. The van der Waals surface area contributed by atoms with E-state index in [2.05, 4.69) is 10.6 Å². The van der Waals surface area contributed by atoms with Crippen molar-refractivity contribution in [1.29, 1.82) is 0 Å². The third-order valence-electron chi connectivity index (χ3n) is 7.61. The number of anilines is 1. The quantitative estimate of drug-likeness (QED) is 0.770. The average Bonchev–Trinajstić information content (AvgIpc) is 2.62. The van der Waals surface area contributed by atoms with Crippen LogP contribution in [0.1, 0.15) is 56.6 Å². The minimum atomic E-state index is -0.327. The maximum Gasteiger partial charge on any atom is 0.238 e. The highest BCUT2D eigenvalue weighted by atomic mass is 16.2. The zero-order valence-corrected chi connectivity index (χ0v) is 18.3. The van der Waals surface area contributed by atoms with Crippen molar-refractivity contribution in [3.63, 3.8) is 0 Å². The van der Waals surface area contributed by atoms with E-state index >= 15 is 0 Å². The molecule has 4 aliphatic rings. The fraction of sp³-hybridized carbons (Fsp3) is 0.667. The summed E-state index contributed by atoms with van der Waals surface area (Å²) in [5, 5.41) is 6.45. The molecule has 0 radical (unpaired) electrons. The van der Waals surface area contributed by atoms with Crippen LogP contribution in [0.15, 0.2) is 18.2 Å². The van der Waals surface area contributed by atoms with E-state index in [4.69, 9.17) is 0 Å². The number of hydrogen-bond acceptors (Lipinski definition) is 3. The van der Waals surface area contributed by atoms with E-state index in [-0.39, 0.29) is 29.9 Å². The molecule has 0 aliphatic heterocycles. The molecule has 4 saturated carbocycles. The summed E-state index contributed by atoms with van der Waals surface area (Å²) in [4.78, 5) is 27.5. The lowest BCUT2D eigenvalue weighted by Gasteiger charge is -2.57.